The lowest BCUT2D eigenvalue weighted by molar-refractivity contribution is -0.158. The number of carbonyl (C=O) groups excluding carboxylic acids is 3. The zero-order valence-corrected chi connectivity index (χ0v) is 15.0. The van der Waals surface area contributed by atoms with Crippen molar-refractivity contribution in [1.82, 2.24) is 10.6 Å². The van der Waals surface area contributed by atoms with E-state index in [0.29, 0.717) is 32.2 Å². The molecular weight excluding hydrogens is 300 g/mol. The van der Waals surface area contributed by atoms with Gasteiger partial charge in [0.1, 0.15) is 17.2 Å². The summed E-state index contributed by atoms with van der Waals surface area (Å²) >= 11 is 0. The topological polar surface area (TPSA) is 93.7 Å². The number of hydrogen-bond donors (Lipinski definition) is 2. The first-order valence-electron chi connectivity index (χ1n) is 7.84. The number of carbonyl (C=O) groups is 3. The first-order valence-corrected chi connectivity index (χ1v) is 7.84. The fourth-order valence-electron chi connectivity index (χ4n) is 1.70. The Bertz CT molecular complexity index is 396. The largest absolute Gasteiger partial charge is 0.458 e. The Morgan fingerprint density at radius 1 is 1.00 bits per heavy atom. The number of ether oxygens (including phenoxy) is 2. The van der Waals surface area contributed by atoms with Gasteiger partial charge < -0.3 is 20.1 Å². The van der Waals surface area contributed by atoms with Crippen molar-refractivity contribution in [3.8, 4) is 0 Å². The quantitative estimate of drug-likeness (QED) is 0.404. The lowest BCUT2D eigenvalue weighted by Crippen LogP contribution is -2.40. The van der Waals surface area contributed by atoms with E-state index in [1.165, 1.54) is 0 Å². The molecule has 0 spiro atoms. The number of hydrogen-bond acceptors (Lipinski definition) is 5. The van der Waals surface area contributed by atoms with Crippen LogP contribution in [0, 0.1) is 0 Å². The van der Waals surface area contributed by atoms with E-state index < -0.39 is 29.3 Å². The van der Waals surface area contributed by atoms with Crippen molar-refractivity contribution >= 4 is 18.5 Å². The van der Waals surface area contributed by atoms with Crippen LogP contribution in [0.4, 0.5) is 4.79 Å². The highest BCUT2D eigenvalue weighted by atomic mass is 16.6. The van der Waals surface area contributed by atoms with Crippen LogP contribution >= 0.6 is 0 Å². The van der Waals surface area contributed by atoms with Crippen molar-refractivity contribution in [2.45, 2.75) is 78.0 Å². The van der Waals surface area contributed by atoms with Crippen molar-refractivity contribution in [2.75, 3.05) is 6.54 Å². The molecule has 0 bridgehead atoms. The molecule has 0 aliphatic carbocycles. The lowest BCUT2D eigenvalue weighted by Gasteiger charge is -2.23. The summed E-state index contributed by atoms with van der Waals surface area (Å²) in [5.41, 5.74) is -1.13. The van der Waals surface area contributed by atoms with Gasteiger partial charge >= 0.3 is 12.1 Å². The SMILES string of the molecule is CC(C)(C)OC(=O)NCCCC[C@H](NC=O)C(=O)OC(C)(C)C. The van der Waals surface area contributed by atoms with Gasteiger partial charge in [0.05, 0.1) is 0 Å². The molecule has 0 aromatic rings. The Morgan fingerprint density at radius 2 is 1.57 bits per heavy atom. The lowest BCUT2D eigenvalue weighted by atomic mass is 10.1. The zero-order chi connectivity index (χ0) is 18.1. The first-order chi connectivity index (χ1) is 10.4. The van der Waals surface area contributed by atoms with Crippen LogP contribution in [-0.2, 0) is 19.1 Å². The number of amides is 2. The Balaban J connectivity index is 4.08. The average Bonchev–Trinajstić information content (AvgIpc) is 2.32. The summed E-state index contributed by atoms with van der Waals surface area (Å²) in [6.45, 7) is 11.1. The molecule has 0 rings (SSSR count). The van der Waals surface area contributed by atoms with E-state index in [4.69, 9.17) is 9.47 Å². The minimum Gasteiger partial charge on any atom is -0.458 e. The van der Waals surface area contributed by atoms with Gasteiger partial charge in [0.2, 0.25) is 6.41 Å². The fourth-order valence-corrected chi connectivity index (χ4v) is 1.70. The van der Waals surface area contributed by atoms with Crippen LogP contribution in [0.1, 0.15) is 60.8 Å². The van der Waals surface area contributed by atoms with Crippen LogP contribution in [0.3, 0.4) is 0 Å². The molecule has 2 N–H and O–H groups in total. The van der Waals surface area contributed by atoms with Gasteiger partial charge in [-0.15, -0.1) is 0 Å². The number of esters is 1. The first kappa shape index (κ1) is 21.2. The molecule has 0 aromatic heterocycles. The molecule has 0 aliphatic heterocycles. The molecule has 0 unspecified atom stereocenters. The van der Waals surface area contributed by atoms with Crippen LogP contribution in [0.2, 0.25) is 0 Å². The minimum atomic E-state index is -0.673. The summed E-state index contributed by atoms with van der Waals surface area (Å²) in [4.78, 5) is 34.0. The van der Waals surface area contributed by atoms with Gasteiger partial charge in [-0.1, -0.05) is 0 Å². The maximum Gasteiger partial charge on any atom is 0.407 e. The van der Waals surface area contributed by atoms with Gasteiger partial charge in [-0.05, 0) is 60.8 Å². The second-order valence-corrected chi connectivity index (χ2v) is 7.30. The summed E-state index contributed by atoms with van der Waals surface area (Å²) in [6.07, 6.45) is 1.80. The standard InChI is InChI=1S/C16H30N2O5/c1-15(2,3)22-13(20)12(18-11-19)9-7-8-10-17-14(21)23-16(4,5)6/h11-12H,7-10H2,1-6H3,(H,17,21)(H,18,19)/t12-/m0/s1. The third-order valence-corrected chi connectivity index (χ3v) is 2.55. The van der Waals surface area contributed by atoms with Crippen LogP contribution in [0.5, 0.6) is 0 Å². The molecular formula is C16H30N2O5. The highest BCUT2D eigenvalue weighted by Gasteiger charge is 2.24. The average molecular weight is 330 g/mol. The van der Waals surface area contributed by atoms with Gasteiger partial charge in [-0.3, -0.25) is 4.79 Å². The van der Waals surface area contributed by atoms with Gasteiger partial charge in [0.15, 0.2) is 0 Å². The van der Waals surface area contributed by atoms with Gasteiger partial charge in [0, 0.05) is 6.54 Å². The maximum absolute atomic E-state index is 11.9. The van der Waals surface area contributed by atoms with E-state index in [0.717, 1.165) is 0 Å². The summed E-state index contributed by atoms with van der Waals surface area (Å²) in [7, 11) is 0. The van der Waals surface area contributed by atoms with Gasteiger partial charge in [0.25, 0.3) is 0 Å². The molecule has 134 valence electrons. The molecule has 0 heterocycles. The molecule has 0 aliphatic rings. The van der Waals surface area contributed by atoms with Crippen molar-refractivity contribution in [2.24, 2.45) is 0 Å². The van der Waals surface area contributed by atoms with Gasteiger partial charge in [-0.2, -0.15) is 0 Å². The molecule has 23 heavy (non-hydrogen) atoms. The third-order valence-electron chi connectivity index (χ3n) is 2.55. The van der Waals surface area contributed by atoms with Crippen molar-refractivity contribution in [1.29, 1.82) is 0 Å². The predicted octanol–water partition coefficient (Wildman–Crippen LogP) is 2.14. The second kappa shape index (κ2) is 9.37. The molecule has 0 radical (unpaired) electrons. The summed E-state index contributed by atoms with van der Waals surface area (Å²) in [6, 6.07) is -0.673. The van der Waals surface area contributed by atoms with E-state index >= 15 is 0 Å². The Hall–Kier alpha value is -1.79. The van der Waals surface area contributed by atoms with Crippen molar-refractivity contribution in [3.05, 3.63) is 0 Å². The van der Waals surface area contributed by atoms with Crippen LogP contribution in [0.25, 0.3) is 0 Å². The molecule has 7 heteroatoms. The van der Waals surface area contributed by atoms with E-state index in [9.17, 15) is 14.4 Å². The van der Waals surface area contributed by atoms with E-state index in [2.05, 4.69) is 10.6 Å². The predicted molar refractivity (Wildman–Crippen MR) is 86.9 cm³/mol. The molecule has 0 aromatic carbocycles. The van der Waals surface area contributed by atoms with E-state index in [-0.39, 0.29) is 0 Å². The molecule has 0 saturated heterocycles. The van der Waals surface area contributed by atoms with Crippen LogP contribution < -0.4 is 10.6 Å². The fraction of sp³-hybridized carbons (Fsp3) is 0.812. The Labute approximate surface area is 138 Å². The van der Waals surface area contributed by atoms with Crippen LogP contribution in [-0.4, -0.2) is 42.3 Å². The second-order valence-electron chi connectivity index (χ2n) is 7.30. The number of nitrogens with one attached hydrogen (secondary N) is 2. The van der Waals surface area contributed by atoms with E-state index in [1.54, 1.807) is 41.5 Å². The van der Waals surface area contributed by atoms with E-state index in [1.807, 2.05) is 0 Å². The minimum absolute atomic E-state index is 0.442. The number of alkyl carbamates (subject to hydrolysis) is 1. The summed E-state index contributed by atoms with van der Waals surface area (Å²) in [5, 5.41) is 5.11. The Morgan fingerprint density at radius 3 is 2.04 bits per heavy atom. The summed E-state index contributed by atoms with van der Waals surface area (Å²) in [5.74, 6) is -0.454. The van der Waals surface area contributed by atoms with Crippen molar-refractivity contribution < 1.29 is 23.9 Å². The monoisotopic (exact) mass is 330 g/mol. The summed E-state index contributed by atoms with van der Waals surface area (Å²) < 4.78 is 10.4. The van der Waals surface area contributed by atoms with Crippen LogP contribution in [0.15, 0.2) is 0 Å². The maximum atomic E-state index is 11.9. The normalized spacial score (nSPS) is 13.0. The third kappa shape index (κ3) is 12.4. The molecule has 7 nitrogen and oxygen atoms in total. The molecule has 2 amide bonds. The molecule has 0 fully saturated rings. The van der Waals surface area contributed by atoms with Gasteiger partial charge in [-0.25, -0.2) is 9.59 Å². The smallest absolute Gasteiger partial charge is 0.407 e. The van der Waals surface area contributed by atoms with Crippen molar-refractivity contribution in [3.63, 3.8) is 0 Å². The molecule has 1 atom stereocenters. The highest BCUT2D eigenvalue weighted by Crippen LogP contribution is 2.11. The zero-order valence-electron chi connectivity index (χ0n) is 15.0. The molecule has 0 saturated carbocycles. The number of unbranched alkanes of at least 4 members (excludes halogenated alkanes) is 1. The highest BCUT2D eigenvalue weighted by molar-refractivity contribution is 5.78. The Kier molecular flexibility index (Phi) is 8.64. The number of rotatable bonds is 8.